The molecule has 1 N–H and O–H groups in total. The van der Waals surface area contributed by atoms with Gasteiger partial charge >= 0.3 is 5.97 Å². The van der Waals surface area contributed by atoms with E-state index < -0.39 is 46.6 Å². The van der Waals surface area contributed by atoms with Crippen LogP contribution in [0.25, 0.3) is 0 Å². The summed E-state index contributed by atoms with van der Waals surface area (Å²) in [5.41, 5.74) is -2.69. The van der Waals surface area contributed by atoms with Gasteiger partial charge in [0.2, 0.25) is 11.8 Å². The Morgan fingerprint density at radius 3 is 2.38 bits per heavy atom. The molecule has 3 saturated heterocycles. The molecule has 8 heteroatoms. The summed E-state index contributed by atoms with van der Waals surface area (Å²) in [7, 11) is 0. The van der Waals surface area contributed by atoms with Crippen LogP contribution in [0.4, 0.5) is 0 Å². The van der Waals surface area contributed by atoms with Gasteiger partial charge in [-0.1, -0.05) is 46.8 Å². The van der Waals surface area contributed by atoms with Crippen LogP contribution in [0.15, 0.2) is 25.3 Å². The van der Waals surface area contributed by atoms with Crippen molar-refractivity contribution in [1.82, 2.24) is 9.80 Å². The topological polar surface area (TPSA) is 96.4 Å². The smallest absolute Gasteiger partial charge is 0.312 e. The monoisotopic (exact) mass is 560 g/mol. The molecule has 40 heavy (non-hydrogen) atoms. The molecule has 0 aromatic carbocycles. The number of carbonyl (C=O) groups is 3. The lowest BCUT2D eigenvalue weighted by Gasteiger charge is -2.46. The summed E-state index contributed by atoms with van der Waals surface area (Å²) in [6.07, 6.45) is 6.16. The van der Waals surface area contributed by atoms with Gasteiger partial charge in [-0.2, -0.15) is 0 Å². The molecule has 3 fully saturated rings. The van der Waals surface area contributed by atoms with Crippen molar-refractivity contribution in [2.75, 3.05) is 19.8 Å². The number of esters is 1. The number of fused-ring (bicyclic) bond motifs is 1. The molecule has 2 amide bonds. The number of likely N-dealkylation sites (tertiary alicyclic amines) is 1. The molecule has 2 bridgehead atoms. The third kappa shape index (κ3) is 5.76. The zero-order valence-electron chi connectivity index (χ0n) is 26.0. The van der Waals surface area contributed by atoms with E-state index in [1.54, 1.807) is 17.1 Å². The van der Waals surface area contributed by atoms with E-state index in [0.717, 1.165) is 6.42 Å². The molecule has 0 aromatic rings. The van der Waals surface area contributed by atoms with Crippen LogP contribution in [0.5, 0.6) is 0 Å². The predicted molar refractivity (Wildman–Crippen MR) is 155 cm³/mol. The quantitative estimate of drug-likeness (QED) is 0.202. The van der Waals surface area contributed by atoms with Gasteiger partial charge < -0.3 is 24.4 Å². The number of ether oxygens (including phenoxy) is 2. The fourth-order valence-electron chi connectivity index (χ4n) is 7.85. The lowest BCUT2D eigenvalue weighted by molar-refractivity contribution is -0.163. The van der Waals surface area contributed by atoms with E-state index in [1.165, 1.54) is 0 Å². The molecule has 3 aliphatic rings. The molecule has 0 radical (unpaired) electrons. The standard InChI is InChI=1S/C32H52N2O6/c1-11-13-17-39-28(38)24-23-26(36)34(22(19-35)18-21(3)4)25(32(23)15-14-31(24,10)40-32)27(37)33(16-12-2)30(8,9)20-29(5,6)7/h11-12,21-25,35H,1-2,13-20H2,3-10H3/t22-,23+,24+,25?,31-,32?/m1/s1. The van der Waals surface area contributed by atoms with Crippen molar-refractivity contribution in [2.45, 2.75) is 116 Å². The van der Waals surface area contributed by atoms with Crippen LogP contribution in [-0.4, -0.2) is 81.3 Å². The molecule has 226 valence electrons. The van der Waals surface area contributed by atoms with Gasteiger partial charge in [0.05, 0.1) is 30.8 Å². The molecule has 3 aliphatic heterocycles. The van der Waals surface area contributed by atoms with Crippen LogP contribution in [-0.2, 0) is 23.9 Å². The number of rotatable bonds is 13. The maximum absolute atomic E-state index is 14.8. The van der Waals surface area contributed by atoms with E-state index in [9.17, 15) is 19.5 Å². The average molecular weight is 561 g/mol. The minimum absolute atomic E-state index is 0.0590. The molecule has 3 rings (SSSR count). The van der Waals surface area contributed by atoms with Crippen molar-refractivity contribution >= 4 is 17.8 Å². The Labute approximate surface area is 241 Å². The number of hydrogen-bond acceptors (Lipinski definition) is 6. The molecule has 0 saturated carbocycles. The highest BCUT2D eigenvalue weighted by Crippen LogP contribution is 2.64. The number of hydrogen-bond donors (Lipinski definition) is 1. The van der Waals surface area contributed by atoms with Crippen molar-refractivity contribution in [1.29, 1.82) is 0 Å². The van der Waals surface area contributed by atoms with Crippen molar-refractivity contribution in [3.8, 4) is 0 Å². The van der Waals surface area contributed by atoms with Crippen LogP contribution in [0, 0.1) is 23.2 Å². The van der Waals surface area contributed by atoms with E-state index >= 15 is 0 Å². The van der Waals surface area contributed by atoms with Crippen LogP contribution >= 0.6 is 0 Å². The summed E-state index contributed by atoms with van der Waals surface area (Å²) in [5, 5.41) is 10.5. The highest BCUT2D eigenvalue weighted by molar-refractivity contribution is 5.99. The average Bonchev–Trinajstić information content (AvgIpc) is 3.39. The normalized spacial score (nSPS) is 30.4. The first-order valence-electron chi connectivity index (χ1n) is 14.8. The Hall–Kier alpha value is -2.19. The summed E-state index contributed by atoms with van der Waals surface area (Å²) >= 11 is 0. The Morgan fingerprint density at radius 2 is 1.85 bits per heavy atom. The summed E-state index contributed by atoms with van der Waals surface area (Å²) in [5.74, 6) is -2.51. The Morgan fingerprint density at radius 1 is 1.20 bits per heavy atom. The molecule has 1 spiro atoms. The van der Waals surface area contributed by atoms with Crippen LogP contribution in [0.2, 0.25) is 0 Å². The SMILES string of the molecule is C=CCCOC(=O)[C@@H]1[C@H]2C(=O)N([C@@H](CO)CC(C)C)C(C(=O)N(CC=C)C(C)(C)CC(C)(C)C)C23CC[C@@]1(C)O3. The fraction of sp³-hybridized carbons (Fsp3) is 0.781. The number of aliphatic hydroxyl groups excluding tert-OH is 1. The maximum atomic E-state index is 14.8. The maximum Gasteiger partial charge on any atom is 0.312 e. The summed E-state index contributed by atoms with van der Waals surface area (Å²) in [6, 6.07) is -1.54. The Balaban J connectivity index is 2.15. The number of carbonyl (C=O) groups excluding carboxylic acids is 3. The number of aliphatic hydroxyl groups is 1. The van der Waals surface area contributed by atoms with Crippen LogP contribution < -0.4 is 0 Å². The second-order valence-electron chi connectivity index (χ2n) is 14.5. The fourth-order valence-corrected chi connectivity index (χ4v) is 7.85. The molecular weight excluding hydrogens is 508 g/mol. The molecular formula is C32H52N2O6. The summed E-state index contributed by atoms with van der Waals surface area (Å²) in [6.45, 7) is 24.2. The third-order valence-electron chi connectivity index (χ3n) is 8.89. The van der Waals surface area contributed by atoms with Gasteiger partial charge in [-0.3, -0.25) is 14.4 Å². The first-order valence-corrected chi connectivity index (χ1v) is 14.8. The zero-order valence-corrected chi connectivity index (χ0v) is 26.0. The Kier molecular flexibility index (Phi) is 9.37. The predicted octanol–water partition coefficient (Wildman–Crippen LogP) is 4.51. The van der Waals surface area contributed by atoms with Gasteiger partial charge in [-0.15, -0.1) is 13.2 Å². The van der Waals surface area contributed by atoms with Gasteiger partial charge in [0.25, 0.3) is 0 Å². The van der Waals surface area contributed by atoms with E-state index in [1.807, 2.05) is 39.5 Å². The molecule has 6 atom stereocenters. The van der Waals surface area contributed by atoms with Gasteiger partial charge in [0.15, 0.2) is 0 Å². The highest BCUT2D eigenvalue weighted by Gasteiger charge is 2.79. The second kappa shape index (κ2) is 11.6. The number of nitrogens with zero attached hydrogens (tertiary/aromatic N) is 2. The van der Waals surface area contributed by atoms with Crippen molar-refractivity contribution in [3.63, 3.8) is 0 Å². The molecule has 0 aromatic heterocycles. The van der Waals surface area contributed by atoms with E-state index in [0.29, 0.717) is 32.2 Å². The van der Waals surface area contributed by atoms with E-state index in [-0.39, 0.29) is 36.4 Å². The number of amides is 2. The van der Waals surface area contributed by atoms with Crippen LogP contribution in [0.1, 0.15) is 87.5 Å². The van der Waals surface area contributed by atoms with Gasteiger partial charge in [0, 0.05) is 12.1 Å². The van der Waals surface area contributed by atoms with E-state index in [4.69, 9.17) is 9.47 Å². The lowest BCUT2D eigenvalue weighted by Crippen LogP contribution is -2.62. The lowest BCUT2D eigenvalue weighted by atomic mass is 9.66. The third-order valence-corrected chi connectivity index (χ3v) is 8.89. The van der Waals surface area contributed by atoms with Crippen molar-refractivity contribution in [3.05, 3.63) is 25.3 Å². The van der Waals surface area contributed by atoms with E-state index in [2.05, 4.69) is 33.9 Å². The molecule has 0 aliphatic carbocycles. The van der Waals surface area contributed by atoms with Crippen molar-refractivity contribution < 1.29 is 29.0 Å². The van der Waals surface area contributed by atoms with Crippen molar-refractivity contribution in [2.24, 2.45) is 23.2 Å². The highest BCUT2D eigenvalue weighted by atomic mass is 16.6. The first kappa shape index (κ1) is 32.3. The summed E-state index contributed by atoms with van der Waals surface area (Å²) in [4.78, 5) is 46.2. The summed E-state index contributed by atoms with van der Waals surface area (Å²) < 4.78 is 12.3. The zero-order chi connectivity index (χ0) is 30.3. The van der Waals surface area contributed by atoms with Gasteiger partial charge in [-0.25, -0.2) is 0 Å². The largest absolute Gasteiger partial charge is 0.465 e. The second-order valence-corrected chi connectivity index (χ2v) is 14.5. The molecule has 8 nitrogen and oxygen atoms in total. The van der Waals surface area contributed by atoms with Crippen LogP contribution in [0.3, 0.4) is 0 Å². The Bertz CT molecular complexity index is 1000. The molecule has 2 unspecified atom stereocenters. The minimum atomic E-state index is -1.17. The van der Waals surface area contributed by atoms with Gasteiger partial charge in [-0.05, 0) is 64.2 Å². The molecule has 3 heterocycles. The first-order chi connectivity index (χ1) is 18.5. The van der Waals surface area contributed by atoms with Gasteiger partial charge in [0.1, 0.15) is 17.6 Å². The minimum Gasteiger partial charge on any atom is -0.465 e.